The summed E-state index contributed by atoms with van der Waals surface area (Å²) in [6.45, 7) is 10.3. The summed E-state index contributed by atoms with van der Waals surface area (Å²) < 4.78 is 0. The van der Waals surface area contributed by atoms with Crippen molar-refractivity contribution >= 4 is 121 Å². The molecular formula is C10H30CaN2Na2O8. The summed E-state index contributed by atoms with van der Waals surface area (Å²) in [4.78, 5) is 36.0. The third kappa shape index (κ3) is 15400. The normalized spacial score (nSPS) is 4.52. The first-order valence-electron chi connectivity index (χ1n) is 4.21. The molecule has 0 atom stereocenters. The Bertz CT molecular complexity index is 195. The quantitative estimate of drug-likeness (QED) is 0.224. The van der Waals surface area contributed by atoms with Crippen molar-refractivity contribution in [2.24, 2.45) is 0 Å². The summed E-state index contributed by atoms with van der Waals surface area (Å²) in [5.74, 6) is -3.33. The molecule has 0 aliphatic carbocycles. The predicted octanol–water partition coefficient (Wildman–Crippen LogP) is -0.723. The van der Waals surface area contributed by atoms with E-state index in [4.69, 9.17) is 39.6 Å². The summed E-state index contributed by atoms with van der Waals surface area (Å²) in [6.07, 6.45) is 0. The van der Waals surface area contributed by atoms with Crippen LogP contribution < -0.4 is 12.3 Å². The number of hydrogen-bond donors (Lipinski definition) is 6. The Kier molecular flexibility index (Phi) is 187. The standard InChI is InChI=1S/4C2H4O2.C2H4.Ca.2H3N.2Na.4H/c4*1-2(3)4;1-2;;;;;;;;;/h4*1H3,(H,3,4);1-2H2;;2*1H3;;;;;;. The Morgan fingerprint density at radius 2 is 0.565 bits per heavy atom. The van der Waals surface area contributed by atoms with Gasteiger partial charge in [0.25, 0.3) is 23.9 Å². The molecule has 0 rings (SSSR count). The second-order valence-corrected chi connectivity index (χ2v) is 2.08. The first-order valence-corrected chi connectivity index (χ1v) is 4.21. The number of hydrogen-bond acceptors (Lipinski definition) is 6. The van der Waals surface area contributed by atoms with Crippen molar-refractivity contribution in [3.05, 3.63) is 13.2 Å². The van der Waals surface area contributed by atoms with Crippen LogP contribution in [0.4, 0.5) is 0 Å². The first kappa shape index (κ1) is 65.0. The van der Waals surface area contributed by atoms with Gasteiger partial charge in [0.05, 0.1) is 0 Å². The second kappa shape index (κ2) is 66.1. The van der Waals surface area contributed by atoms with E-state index in [2.05, 4.69) is 13.2 Å². The monoisotopic (exact) mass is 392 g/mol. The van der Waals surface area contributed by atoms with Crippen molar-refractivity contribution in [3.8, 4) is 0 Å². The first-order chi connectivity index (χ1) is 7.93. The summed E-state index contributed by atoms with van der Waals surface area (Å²) in [5, 5.41) is 29.7. The number of aliphatic carboxylic acids is 4. The van der Waals surface area contributed by atoms with E-state index in [1.807, 2.05) is 0 Å². The fourth-order valence-electron chi connectivity index (χ4n) is 0. The average molecular weight is 392 g/mol. The molecule has 23 heavy (non-hydrogen) atoms. The minimum atomic E-state index is -0.833. The van der Waals surface area contributed by atoms with Crippen molar-refractivity contribution in [1.82, 2.24) is 12.3 Å². The fraction of sp³-hybridized carbons (Fsp3) is 0.400. The molecule has 0 fully saturated rings. The zero-order valence-corrected chi connectivity index (χ0v) is 12.3. The van der Waals surface area contributed by atoms with Gasteiger partial charge in [-0.1, -0.05) is 0 Å². The van der Waals surface area contributed by atoms with E-state index in [0.29, 0.717) is 0 Å². The van der Waals surface area contributed by atoms with Gasteiger partial charge in [0.2, 0.25) is 0 Å². The maximum absolute atomic E-state index is 9.00. The average Bonchev–Trinajstić information content (AvgIpc) is 2.01. The number of carbonyl (C=O) groups is 4. The Morgan fingerprint density at radius 3 is 0.565 bits per heavy atom. The van der Waals surface area contributed by atoms with Crippen LogP contribution >= 0.6 is 0 Å². The molecule has 0 aliphatic rings. The zero-order chi connectivity index (χ0) is 16.3. The molecule has 0 aromatic rings. The topological polar surface area (TPSA) is 219 Å². The Hall–Kier alpha value is 0.800. The third-order valence-electron chi connectivity index (χ3n) is 0. The fourth-order valence-corrected chi connectivity index (χ4v) is 0. The van der Waals surface area contributed by atoms with Gasteiger partial charge in [-0.3, -0.25) is 19.2 Å². The van der Waals surface area contributed by atoms with Gasteiger partial charge in [-0.15, -0.1) is 13.2 Å². The molecule has 0 saturated heterocycles. The molecule has 0 aliphatic heterocycles. The van der Waals surface area contributed by atoms with Gasteiger partial charge in [-0.2, -0.15) is 0 Å². The SMILES string of the molecule is C=C.CC(=O)O.CC(=O)O.CC(=O)O.CC(=O)O.N.N.[CaH2].[NaH].[NaH]. The number of rotatable bonds is 0. The van der Waals surface area contributed by atoms with Crippen molar-refractivity contribution in [3.63, 3.8) is 0 Å². The summed E-state index contributed by atoms with van der Waals surface area (Å²) >= 11 is 0. The van der Waals surface area contributed by atoms with Crippen molar-refractivity contribution in [1.29, 1.82) is 0 Å². The van der Waals surface area contributed by atoms with E-state index < -0.39 is 23.9 Å². The van der Waals surface area contributed by atoms with Crippen molar-refractivity contribution in [2.75, 3.05) is 0 Å². The molecule has 0 amide bonds. The Labute approximate surface area is 210 Å². The van der Waals surface area contributed by atoms with Crippen LogP contribution in [0.25, 0.3) is 0 Å². The van der Waals surface area contributed by atoms with Gasteiger partial charge < -0.3 is 32.7 Å². The van der Waals surface area contributed by atoms with E-state index in [0.717, 1.165) is 27.7 Å². The molecule has 10 nitrogen and oxygen atoms in total. The molecule has 132 valence electrons. The maximum atomic E-state index is 9.00. The van der Waals surface area contributed by atoms with Gasteiger partial charge in [0.1, 0.15) is 0 Å². The molecule has 0 bridgehead atoms. The van der Waals surface area contributed by atoms with Crippen molar-refractivity contribution < 1.29 is 39.6 Å². The van der Waals surface area contributed by atoms with Crippen LogP contribution in [0.3, 0.4) is 0 Å². The molecule has 10 N–H and O–H groups in total. The molecule has 13 heteroatoms. The van der Waals surface area contributed by atoms with Gasteiger partial charge in [0.15, 0.2) is 0 Å². The Balaban J connectivity index is -0.0000000110. The summed E-state index contributed by atoms with van der Waals surface area (Å²) in [6, 6.07) is 0. The van der Waals surface area contributed by atoms with Crippen LogP contribution in [-0.4, -0.2) is 141 Å². The van der Waals surface area contributed by atoms with E-state index in [9.17, 15) is 0 Å². The van der Waals surface area contributed by atoms with Gasteiger partial charge in [-0.05, 0) is 0 Å². The molecule has 0 unspecified atom stereocenters. The molecule has 0 aromatic carbocycles. The van der Waals surface area contributed by atoms with Crippen LogP contribution in [0, 0.1) is 0 Å². The van der Waals surface area contributed by atoms with Crippen LogP contribution in [0.2, 0.25) is 0 Å². The van der Waals surface area contributed by atoms with Gasteiger partial charge >= 0.3 is 96.9 Å². The van der Waals surface area contributed by atoms with E-state index in [-0.39, 0.29) is 109 Å². The molecule has 0 aromatic heterocycles. The molecule has 0 radical (unpaired) electrons. The van der Waals surface area contributed by atoms with Gasteiger partial charge in [-0.25, -0.2) is 0 Å². The molecule has 0 spiro atoms. The number of carboxylic acids is 4. The predicted molar refractivity (Wildman–Crippen MR) is 97.4 cm³/mol. The van der Waals surface area contributed by atoms with Crippen LogP contribution in [0.1, 0.15) is 27.7 Å². The van der Waals surface area contributed by atoms with Crippen molar-refractivity contribution in [2.45, 2.75) is 27.7 Å². The second-order valence-electron chi connectivity index (χ2n) is 2.08. The van der Waals surface area contributed by atoms with E-state index in [1.165, 1.54) is 0 Å². The third-order valence-corrected chi connectivity index (χ3v) is 0. The summed E-state index contributed by atoms with van der Waals surface area (Å²) in [7, 11) is 0. The molecular weight excluding hydrogens is 362 g/mol. The Morgan fingerprint density at radius 1 is 0.565 bits per heavy atom. The van der Waals surface area contributed by atoms with Crippen LogP contribution in [-0.2, 0) is 19.2 Å². The van der Waals surface area contributed by atoms with E-state index in [1.54, 1.807) is 0 Å². The van der Waals surface area contributed by atoms with Crippen LogP contribution in [0.15, 0.2) is 13.2 Å². The molecule has 0 heterocycles. The van der Waals surface area contributed by atoms with Crippen LogP contribution in [0.5, 0.6) is 0 Å². The minimum absolute atomic E-state index is 0. The zero-order valence-electron chi connectivity index (χ0n) is 12.3. The summed E-state index contributed by atoms with van der Waals surface area (Å²) in [5.41, 5.74) is 0. The van der Waals surface area contributed by atoms with E-state index >= 15 is 0 Å². The number of carboxylic acid groups (broad SMARTS) is 4. The molecule has 0 saturated carbocycles. The van der Waals surface area contributed by atoms with Gasteiger partial charge in [0, 0.05) is 27.7 Å².